The topological polar surface area (TPSA) is 72.2 Å². The van der Waals surface area contributed by atoms with Crippen molar-refractivity contribution in [3.05, 3.63) is 27.9 Å². The van der Waals surface area contributed by atoms with Crippen LogP contribution in [-0.4, -0.2) is 20.6 Å². The second-order valence-electron chi connectivity index (χ2n) is 2.04. The SMILES string of the molecule is O=C(O)Cn1ccnc(Cl)c1=O. The molecule has 6 heteroatoms. The van der Waals surface area contributed by atoms with Crippen LogP contribution < -0.4 is 5.56 Å². The highest BCUT2D eigenvalue weighted by Gasteiger charge is 2.04. The smallest absolute Gasteiger partial charge is 0.323 e. The van der Waals surface area contributed by atoms with Gasteiger partial charge in [-0.2, -0.15) is 0 Å². The molecule has 0 radical (unpaired) electrons. The summed E-state index contributed by atoms with van der Waals surface area (Å²) in [5.74, 6) is -1.10. The van der Waals surface area contributed by atoms with E-state index in [-0.39, 0.29) is 5.15 Å². The second kappa shape index (κ2) is 3.36. The maximum atomic E-state index is 11.0. The van der Waals surface area contributed by atoms with Gasteiger partial charge in [-0.15, -0.1) is 0 Å². The predicted molar refractivity (Wildman–Crippen MR) is 41.1 cm³/mol. The van der Waals surface area contributed by atoms with Crippen LogP contribution in [0, 0.1) is 0 Å². The van der Waals surface area contributed by atoms with E-state index in [1.54, 1.807) is 0 Å². The fraction of sp³-hybridized carbons (Fsp3) is 0.167. The van der Waals surface area contributed by atoms with Crippen molar-refractivity contribution < 1.29 is 9.90 Å². The highest BCUT2D eigenvalue weighted by molar-refractivity contribution is 6.29. The Morgan fingerprint density at radius 3 is 3.00 bits per heavy atom. The van der Waals surface area contributed by atoms with Crippen LogP contribution in [0.4, 0.5) is 0 Å². The minimum absolute atomic E-state index is 0.223. The van der Waals surface area contributed by atoms with Gasteiger partial charge in [-0.05, 0) is 0 Å². The lowest BCUT2D eigenvalue weighted by atomic mass is 10.6. The lowest BCUT2D eigenvalue weighted by Gasteiger charge is -1.99. The van der Waals surface area contributed by atoms with E-state index < -0.39 is 18.1 Å². The summed E-state index contributed by atoms with van der Waals surface area (Å²) < 4.78 is 0.970. The first kappa shape index (κ1) is 8.73. The van der Waals surface area contributed by atoms with Crippen molar-refractivity contribution in [2.75, 3.05) is 0 Å². The third-order valence-corrected chi connectivity index (χ3v) is 1.44. The maximum Gasteiger partial charge on any atom is 0.323 e. The Bertz CT molecular complexity index is 360. The Kier molecular flexibility index (Phi) is 2.44. The van der Waals surface area contributed by atoms with E-state index >= 15 is 0 Å². The van der Waals surface area contributed by atoms with Crippen LogP contribution in [0.2, 0.25) is 5.15 Å². The number of nitrogens with zero attached hydrogens (tertiary/aromatic N) is 2. The molecule has 5 nitrogen and oxygen atoms in total. The largest absolute Gasteiger partial charge is 0.480 e. The highest BCUT2D eigenvalue weighted by atomic mass is 35.5. The van der Waals surface area contributed by atoms with Crippen LogP contribution in [0.1, 0.15) is 0 Å². The zero-order valence-corrected chi connectivity index (χ0v) is 6.65. The summed E-state index contributed by atoms with van der Waals surface area (Å²) in [6.45, 7) is -0.402. The predicted octanol–water partition coefficient (Wildman–Crippen LogP) is -0.0187. The molecule has 0 amide bonds. The Morgan fingerprint density at radius 1 is 1.75 bits per heavy atom. The summed E-state index contributed by atoms with van der Waals surface area (Å²) in [6, 6.07) is 0. The Morgan fingerprint density at radius 2 is 2.42 bits per heavy atom. The molecule has 0 spiro atoms. The van der Waals surface area contributed by atoms with Crippen molar-refractivity contribution >= 4 is 17.6 Å². The molecule has 0 saturated carbocycles. The van der Waals surface area contributed by atoms with Gasteiger partial charge in [0, 0.05) is 12.4 Å². The third kappa shape index (κ3) is 1.82. The first-order chi connectivity index (χ1) is 5.61. The van der Waals surface area contributed by atoms with Gasteiger partial charge < -0.3 is 9.67 Å². The Labute approximate surface area is 72.2 Å². The van der Waals surface area contributed by atoms with Crippen LogP contribution in [-0.2, 0) is 11.3 Å². The van der Waals surface area contributed by atoms with E-state index in [1.165, 1.54) is 12.4 Å². The molecule has 1 aromatic rings. The first-order valence-corrected chi connectivity index (χ1v) is 3.42. The average Bonchev–Trinajstić information content (AvgIpc) is 1.98. The summed E-state index contributed by atoms with van der Waals surface area (Å²) in [6.07, 6.45) is 2.54. The summed E-state index contributed by atoms with van der Waals surface area (Å²) >= 11 is 5.36. The lowest BCUT2D eigenvalue weighted by molar-refractivity contribution is -0.137. The van der Waals surface area contributed by atoms with E-state index in [0.717, 1.165) is 4.57 Å². The fourth-order valence-corrected chi connectivity index (χ4v) is 0.856. The van der Waals surface area contributed by atoms with E-state index in [1.807, 2.05) is 0 Å². The number of aliphatic carboxylic acids is 1. The molecule has 0 aliphatic heterocycles. The second-order valence-corrected chi connectivity index (χ2v) is 2.40. The third-order valence-electron chi connectivity index (χ3n) is 1.18. The number of carboxylic acids is 1. The molecule has 0 saturated heterocycles. The average molecular weight is 189 g/mol. The van der Waals surface area contributed by atoms with Crippen LogP contribution in [0.5, 0.6) is 0 Å². The normalized spacial score (nSPS) is 9.75. The lowest BCUT2D eigenvalue weighted by Crippen LogP contribution is -2.24. The van der Waals surface area contributed by atoms with Gasteiger partial charge in [0.25, 0.3) is 5.56 Å². The van der Waals surface area contributed by atoms with Crippen molar-refractivity contribution in [1.29, 1.82) is 0 Å². The van der Waals surface area contributed by atoms with Gasteiger partial charge in [0.15, 0.2) is 5.15 Å². The molecular formula is C6H5ClN2O3. The van der Waals surface area contributed by atoms with Gasteiger partial charge in [0.05, 0.1) is 0 Å². The van der Waals surface area contributed by atoms with Gasteiger partial charge in [-0.1, -0.05) is 11.6 Å². The molecule has 0 fully saturated rings. The number of aromatic nitrogens is 2. The summed E-state index contributed by atoms with van der Waals surface area (Å²) in [7, 11) is 0. The van der Waals surface area contributed by atoms with Crippen LogP contribution in [0.25, 0.3) is 0 Å². The van der Waals surface area contributed by atoms with E-state index in [9.17, 15) is 9.59 Å². The molecule has 0 aliphatic carbocycles. The molecule has 0 atom stereocenters. The molecule has 1 rings (SSSR count). The number of hydrogen-bond acceptors (Lipinski definition) is 3. The molecule has 1 N–H and O–H groups in total. The van der Waals surface area contributed by atoms with Gasteiger partial charge >= 0.3 is 5.97 Å². The van der Waals surface area contributed by atoms with Gasteiger partial charge in [0.1, 0.15) is 6.54 Å². The maximum absolute atomic E-state index is 11.0. The molecule has 0 unspecified atom stereocenters. The molecule has 0 aromatic carbocycles. The molecule has 1 heterocycles. The van der Waals surface area contributed by atoms with Crippen LogP contribution in [0.15, 0.2) is 17.2 Å². The van der Waals surface area contributed by atoms with Crippen molar-refractivity contribution in [3.63, 3.8) is 0 Å². The Balaban J connectivity index is 3.09. The molecule has 1 aromatic heterocycles. The highest BCUT2D eigenvalue weighted by Crippen LogP contribution is 1.92. The number of rotatable bonds is 2. The zero-order valence-electron chi connectivity index (χ0n) is 5.90. The van der Waals surface area contributed by atoms with Gasteiger partial charge in [-0.25, -0.2) is 4.98 Å². The molecular weight excluding hydrogens is 184 g/mol. The van der Waals surface area contributed by atoms with Crippen LogP contribution in [0.3, 0.4) is 0 Å². The van der Waals surface area contributed by atoms with Crippen molar-refractivity contribution in [2.24, 2.45) is 0 Å². The molecule has 64 valence electrons. The van der Waals surface area contributed by atoms with Crippen LogP contribution >= 0.6 is 11.6 Å². The molecule has 12 heavy (non-hydrogen) atoms. The standard InChI is InChI=1S/C6H5ClN2O3/c7-5-6(12)9(2-1-8-5)3-4(10)11/h1-2H,3H2,(H,10,11). The number of hydrogen-bond donors (Lipinski definition) is 1. The minimum Gasteiger partial charge on any atom is -0.480 e. The fourth-order valence-electron chi connectivity index (χ4n) is 0.691. The Hall–Kier alpha value is -1.36. The van der Waals surface area contributed by atoms with E-state index in [4.69, 9.17) is 16.7 Å². The first-order valence-electron chi connectivity index (χ1n) is 3.04. The summed E-state index contributed by atoms with van der Waals surface area (Å²) in [4.78, 5) is 24.7. The molecule has 0 aliphatic rings. The zero-order chi connectivity index (χ0) is 9.14. The summed E-state index contributed by atoms with van der Waals surface area (Å²) in [5, 5.41) is 8.14. The van der Waals surface area contributed by atoms with Gasteiger partial charge in [-0.3, -0.25) is 9.59 Å². The number of carbonyl (C=O) groups is 1. The van der Waals surface area contributed by atoms with E-state index in [0.29, 0.717) is 0 Å². The van der Waals surface area contributed by atoms with E-state index in [2.05, 4.69) is 4.98 Å². The van der Waals surface area contributed by atoms with Crippen molar-refractivity contribution in [2.45, 2.75) is 6.54 Å². The minimum atomic E-state index is -1.10. The monoisotopic (exact) mass is 188 g/mol. The van der Waals surface area contributed by atoms with Crippen molar-refractivity contribution in [3.8, 4) is 0 Å². The van der Waals surface area contributed by atoms with Crippen molar-refractivity contribution in [1.82, 2.24) is 9.55 Å². The molecule has 0 bridgehead atoms. The number of carboxylic acid groups (broad SMARTS) is 1. The summed E-state index contributed by atoms with van der Waals surface area (Å²) in [5.41, 5.74) is -0.596. The van der Waals surface area contributed by atoms with Gasteiger partial charge in [0.2, 0.25) is 0 Å². The quantitative estimate of drug-likeness (QED) is 0.708. The number of halogens is 1.